The minimum absolute atomic E-state index is 0.0631. The van der Waals surface area contributed by atoms with E-state index in [-0.39, 0.29) is 6.42 Å². The normalized spacial score (nSPS) is 14.9. The van der Waals surface area contributed by atoms with E-state index in [4.69, 9.17) is 19.8 Å². The van der Waals surface area contributed by atoms with Crippen LogP contribution in [0.1, 0.15) is 6.42 Å². The molecule has 1 saturated heterocycles. The Morgan fingerprint density at radius 2 is 1.91 bits per heavy atom. The lowest BCUT2D eigenvalue weighted by molar-refractivity contribution is -0.136. The number of hydrogen-bond donors (Lipinski definition) is 1. The van der Waals surface area contributed by atoms with Gasteiger partial charge in [-0.15, -0.1) is 0 Å². The van der Waals surface area contributed by atoms with Gasteiger partial charge in [-0.1, -0.05) is 12.1 Å². The summed E-state index contributed by atoms with van der Waals surface area (Å²) in [5, 5.41) is 8.91. The Labute approximate surface area is 134 Å². The van der Waals surface area contributed by atoms with Crippen LogP contribution in [0.3, 0.4) is 0 Å². The first-order valence-electron chi connectivity index (χ1n) is 7.67. The van der Waals surface area contributed by atoms with Crippen molar-refractivity contribution in [2.45, 2.75) is 6.42 Å². The summed E-state index contributed by atoms with van der Waals surface area (Å²) in [6.45, 7) is 3.22. The van der Waals surface area contributed by atoms with Gasteiger partial charge in [0.2, 0.25) is 0 Å². The third-order valence-electron chi connectivity index (χ3n) is 3.87. The second-order valence-electron chi connectivity index (χ2n) is 5.52. The Kier molecular flexibility index (Phi) is 4.57. The highest BCUT2D eigenvalue weighted by atomic mass is 16.5. The van der Waals surface area contributed by atoms with Gasteiger partial charge in [0.15, 0.2) is 11.6 Å². The van der Waals surface area contributed by atoms with Gasteiger partial charge in [-0.2, -0.15) is 0 Å². The number of nitrogens with zero attached hydrogens (tertiary/aromatic N) is 4. The second kappa shape index (κ2) is 6.78. The van der Waals surface area contributed by atoms with E-state index in [9.17, 15) is 4.79 Å². The lowest BCUT2D eigenvalue weighted by atomic mass is 10.3. The number of morpholine rings is 1. The highest BCUT2D eigenvalue weighted by molar-refractivity contribution is 5.81. The monoisotopic (exact) mass is 316 g/mol. The van der Waals surface area contributed by atoms with E-state index >= 15 is 0 Å². The number of aliphatic carboxylic acids is 1. The third-order valence-corrected chi connectivity index (χ3v) is 3.87. The molecule has 2 aromatic rings. The van der Waals surface area contributed by atoms with Crippen LogP contribution in [0.15, 0.2) is 24.3 Å². The number of fused-ring (bicyclic) bond motifs is 1. The molecule has 1 N–H and O–H groups in total. The van der Waals surface area contributed by atoms with E-state index in [1.807, 2.05) is 36.2 Å². The number of aromatic nitrogens is 2. The van der Waals surface area contributed by atoms with E-state index in [1.54, 1.807) is 0 Å². The first kappa shape index (κ1) is 15.5. The van der Waals surface area contributed by atoms with Gasteiger partial charge in [0, 0.05) is 26.7 Å². The average Bonchev–Trinajstić information content (AvgIpc) is 2.59. The summed E-state index contributed by atoms with van der Waals surface area (Å²) in [5.74, 6) is 0.685. The third kappa shape index (κ3) is 3.50. The van der Waals surface area contributed by atoms with Crippen molar-refractivity contribution in [1.29, 1.82) is 0 Å². The van der Waals surface area contributed by atoms with Crippen LogP contribution >= 0.6 is 0 Å². The summed E-state index contributed by atoms with van der Waals surface area (Å²) in [6.07, 6.45) is 0.0631. The van der Waals surface area contributed by atoms with E-state index in [1.165, 1.54) is 0 Å². The Morgan fingerprint density at radius 1 is 1.26 bits per heavy atom. The molecule has 7 heteroatoms. The summed E-state index contributed by atoms with van der Waals surface area (Å²) in [5.41, 5.74) is 1.64. The van der Waals surface area contributed by atoms with Gasteiger partial charge in [0.1, 0.15) is 0 Å². The largest absolute Gasteiger partial charge is 0.481 e. The lowest BCUT2D eigenvalue weighted by Gasteiger charge is -2.31. The summed E-state index contributed by atoms with van der Waals surface area (Å²) in [7, 11) is 1.85. The highest BCUT2D eigenvalue weighted by Gasteiger charge is 2.21. The zero-order valence-corrected chi connectivity index (χ0v) is 13.1. The van der Waals surface area contributed by atoms with Crippen LogP contribution in [0.4, 0.5) is 11.6 Å². The summed E-state index contributed by atoms with van der Waals surface area (Å²) < 4.78 is 5.41. The molecule has 1 aromatic carbocycles. The maximum Gasteiger partial charge on any atom is 0.305 e. The fourth-order valence-electron chi connectivity index (χ4n) is 2.59. The zero-order valence-electron chi connectivity index (χ0n) is 13.1. The smallest absolute Gasteiger partial charge is 0.305 e. The molecular formula is C16H20N4O3. The second-order valence-corrected chi connectivity index (χ2v) is 5.52. The van der Waals surface area contributed by atoms with Crippen molar-refractivity contribution in [3.63, 3.8) is 0 Å². The van der Waals surface area contributed by atoms with Crippen molar-refractivity contribution in [3.05, 3.63) is 24.3 Å². The van der Waals surface area contributed by atoms with Crippen molar-refractivity contribution in [3.8, 4) is 0 Å². The van der Waals surface area contributed by atoms with E-state index in [2.05, 4.69) is 4.90 Å². The molecule has 23 heavy (non-hydrogen) atoms. The Morgan fingerprint density at radius 3 is 2.57 bits per heavy atom. The van der Waals surface area contributed by atoms with Crippen LogP contribution in [-0.2, 0) is 9.53 Å². The predicted molar refractivity (Wildman–Crippen MR) is 88.1 cm³/mol. The Bertz CT molecular complexity index is 701. The molecule has 0 radical (unpaired) electrons. The van der Waals surface area contributed by atoms with Gasteiger partial charge in [0.25, 0.3) is 0 Å². The Balaban J connectivity index is 1.99. The zero-order chi connectivity index (χ0) is 16.2. The number of carboxylic acid groups (broad SMARTS) is 1. The molecule has 0 unspecified atom stereocenters. The Hall–Kier alpha value is -2.41. The lowest BCUT2D eigenvalue weighted by Crippen LogP contribution is -2.38. The molecule has 0 atom stereocenters. The minimum Gasteiger partial charge on any atom is -0.481 e. The predicted octanol–water partition coefficient (Wildman–Crippen LogP) is 1.38. The molecule has 2 heterocycles. The van der Waals surface area contributed by atoms with Crippen molar-refractivity contribution >= 4 is 28.6 Å². The van der Waals surface area contributed by atoms with Crippen molar-refractivity contribution in [2.24, 2.45) is 0 Å². The molecule has 1 aliphatic heterocycles. The van der Waals surface area contributed by atoms with Crippen LogP contribution in [0, 0.1) is 0 Å². The van der Waals surface area contributed by atoms with Crippen LogP contribution in [0.25, 0.3) is 11.0 Å². The van der Waals surface area contributed by atoms with Gasteiger partial charge < -0.3 is 19.6 Å². The summed E-state index contributed by atoms with van der Waals surface area (Å²) >= 11 is 0. The van der Waals surface area contributed by atoms with Crippen LogP contribution in [-0.4, -0.2) is 60.9 Å². The highest BCUT2D eigenvalue weighted by Crippen LogP contribution is 2.28. The fourth-order valence-corrected chi connectivity index (χ4v) is 2.59. The number of anilines is 2. The van der Waals surface area contributed by atoms with Gasteiger partial charge in [-0.05, 0) is 12.1 Å². The number of rotatable bonds is 5. The molecule has 0 aliphatic carbocycles. The molecule has 1 fully saturated rings. The van der Waals surface area contributed by atoms with Crippen LogP contribution in [0.5, 0.6) is 0 Å². The molecule has 3 rings (SSSR count). The molecule has 1 aromatic heterocycles. The molecule has 1 aliphatic rings. The van der Waals surface area contributed by atoms with Gasteiger partial charge in [-0.3, -0.25) is 4.79 Å². The number of para-hydroxylation sites is 2. The summed E-state index contributed by atoms with van der Waals surface area (Å²) in [4.78, 5) is 24.3. The molecular weight excluding hydrogens is 296 g/mol. The van der Waals surface area contributed by atoms with Crippen LogP contribution in [0.2, 0.25) is 0 Å². The maximum atomic E-state index is 10.8. The quantitative estimate of drug-likeness (QED) is 0.892. The standard InChI is InChI=1S/C16H20N4O3/c1-19(7-6-14(21)22)15-16(20-8-10-23-11-9-20)18-13-5-3-2-4-12(13)17-15/h2-5H,6-11H2,1H3,(H,21,22). The molecule has 7 nitrogen and oxygen atoms in total. The SMILES string of the molecule is CN(CCC(=O)O)c1nc2ccccc2nc1N1CCOCC1. The first-order chi connectivity index (χ1) is 11.1. The van der Waals surface area contributed by atoms with Gasteiger partial charge >= 0.3 is 5.97 Å². The summed E-state index contributed by atoms with van der Waals surface area (Å²) in [6, 6.07) is 7.72. The van der Waals surface area contributed by atoms with Gasteiger partial charge in [0.05, 0.1) is 30.7 Å². The molecule has 0 amide bonds. The van der Waals surface area contributed by atoms with E-state index in [0.29, 0.717) is 25.6 Å². The van der Waals surface area contributed by atoms with E-state index < -0.39 is 5.97 Å². The maximum absolute atomic E-state index is 10.8. The van der Waals surface area contributed by atoms with Crippen molar-refractivity contribution < 1.29 is 14.6 Å². The fraction of sp³-hybridized carbons (Fsp3) is 0.438. The number of carbonyl (C=O) groups is 1. The number of benzene rings is 1. The molecule has 0 bridgehead atoms. The molecule has 0 saturated carbocycles. The number of hydrogen-bond acceptors (Lipinski definition) is 6. The molecule has 0 spiro atoms. The van der Waals surface area contributed by atoms with Gasteiger partial charge in [-0.25, -0.2) is 9.97 Å². The topological polar surface area (TPSA) is 78.8 Å². The van der Waals surface area contributed by atoms with Crippen molar-refractivity contribution in [2.75, 3.05) is 49.7 Å². The number of carboxylic acids is 1. The van der Waals surface area contributed by atoms with Crippen LogP contribution < -0.4 is 9.80 Å². The van der Waals surface area contributed by atoms with Crippen molar-refractivity contribution in [1.82, 2.24) is 9.97 Å². The molecule has 122 valence electrons. The van der Waals surface area contributed by atoms with E-state index in [0.717, 1.165) is 29.9 Å². The minimum atomic E-state index is -0.821. The average molecular weight is 316 g/mol. The number of ether oxygens (including phenoxy) is 1. The first-order valence-corrected chi connectivity index (χ1v) is 7.67.